The van der Waals surface area contributed by atoms with Crippen molar-refractivity contribution in [2.75, 3.05) is 0 Å². The average molecular weight is 390 g/mol. The number of nitrogens with two attached hydrogens (primary N) is 2. The van der Waals surface area contributed by atoms with Gasteiger partial charge in [-0.2, -0.15) is 0 Å². The number of nitrogens with one attached hydrogen (secondary N) is 2. The number of imidazole rings is 2. The summed E-state index contributed by atoms with van der Waals surface area (Å²) >= 11 is 0. The molecule has 4 aromatic heterocycles. The van der Waals surface area contributed by atoms with Gasteiger partial charge in [-0.25, -0.2) is 9.97 Å². The Balaban J connectivity index is 0.00000117. The highest BCUT2D eigenvalue weighted by Gasteiger charge is 2.09. The predicted octanol–water partition coefficient (Wildman–Crippen LogP) is 3.43. The first-order chi connectivity index (χ1) is 14.1. The van der Waals surface area contributed by atoms with Gasteiger partial charge in [-0.05, 0) is 31.2 Å². The lowest BCUT2D eigenvalue weighted by Crippen LogP contribution is -2.06. The van der Waals surface area contributed by atoms with Crippen LogP contribution in [0.3, 0.4) is 0 Å². The molecule has 0 aliphatic rings. The Morgan fingerprint density at radius 3 is 1.76 bits per heavy atom. The quantitative estimate of drug-likeness (QED) is 0.412. The first kappa shape index (κ1) is 20.4. The van der Waals surface area contributed by atoms with Crippen LogP contribution >= 0.6 is 0 Å². The van der Waals surface area contributed by atoms with E-state index in [1.807, 2.05) is 45.0 Å². The highest BCUT2D eigenvalue weighted by atomic mass is 15.0. The summed E-state index contributed by atoms with van der Waals surface area (Å²) in [6.07, 6.45) is 7.11. The molecule has 0 radical (unpaired) electrons. The van der Waals surface area contributed by atoms with Crippen LogP contribution in [0.2, 0.25) is 0 Å². The molecule has 0 aromatic carbocycles. The van der Waals surface area contributed by atoms with Gasteiger partial charge in [0.2, 0.25) is 0 Å². The fourth-order valence-electron chi connectivity index (χ4n) is 2.74. The maximum Gasteiger partial charge on any atom is 0.123 e. The highest BCUT2D eigenvalue weighted by molar-refractivity contribution is 5.65. The Kier molecular flexibility index (Phi) is 6.48. The second-order valence-electron chi connectivity index (χ2n) is 6.28. The Morgan fingerprint density at radius 1 is 0.793 bits per heavy atom. The van der Waals surface area contributed by atoms with Crippen molar-refractivity contribution in [3.8, 4) is 33.9 Å². The molecule has 8 heteroatoms. The Labute approximate surface area is 169 Å². The molecule has 150 valence electrons. The first-order valence-electron chi connectivity index (χ1n) is 9.61. The first-order valence-corrected chi connectivity index (χ1v) is 9.61. The van der Waals surface area contributed by atoms with Gasteiger partial charge in [-0.15, -0.1) is 0 Å². The Bertz CT molecular complexity index is 1030. The van der Waals surface area contributed by atoms with Gasteiger partial charge < -0.3 is 21.4 Å². The van der Waals surface area contributed by atoms with Crippen molar-refractivity contribution < 1.29 is 0 Å². The van der Waals surface area contributed by atoms with E-state index in [0.717, 1.165) is 45.6 Å². The molecule has 4 heterocycles. The normalized spacial score (nSPS) is 11.6. The summed E-state index contributed by atoms with van der Waals surface area (Å²) in [5, 5.41) is 0. The molecular weight excluding hydrogens is 364 g/mol. The van der Waals surface area contributed by atoms with E-state index < -0.39 is 0 Å². The largest absolute Gasteiger partial charge is 0.341 e. The summed E-state index contributed by atoms with van der Waals surface area (Å²) in [6, 6.07) is 7.70. The molecule has 0 saturated heterocycles. The second kappa shape index (κ2) is 9.22. The van der Waals surface area contributed by atoms with Gasteiger partial charge in [0.1, 0.15) is 11.6 Å². The van der Waals surface area contributed by atoms with Gasteiger partial charge in [-0.3, -0.25) is 9.97 Å². The molecule has 4 aromatic rings. The van der Waals surface area contributed by atoms with Crippen LogP contribution in [0.25, 0.3) is 33.9 Å². The third-order valence-corrected chi connectivity index (χ3v) is 4.26. The van der Waals surface area contributed by atoms with E-state index in [0.29, 0.717) is 6.54 Å². The smallest absolute Gasteiger partial charge is 0.123 e. The number of H-pyrrole nitrogens is 2. The molecule has 0 amide bonds. The zero-order valence-corrected chi connectivity index (χ0v) is 16.8. The van der Waals surface area contributed by atoms with E-state index in [1.54, 1.807) is 24.8 Å². The standard InChI is InChI=1S/C19H20N8.C2H6/c1-11(21)19-25-10-17(27-19)13-3-5-15(23-8-13)14-4-2-12(7-22-14)16-9-24-18(6-20)26-16;1-2/h2-5,7-11H,6,20-21H2,1H3,(H,24,26)(H,25,27);1-2H3/t11-;/m0./s1. The van der Waals surface area contributed by atoms with E-state index in [-0.39, 0.29) is 6.04 Å². The maximum atomic E-state index is 5.84. The van der Waals surface area contributed by atoms with E-state index >= 15 is 0 Å². The predicted molar refractivity (Wildman–Crippen MR) is 114 cm³/mol. The number of aromatic nitrogens is 6. The average Bonchev–Trinajstić information content (AvgIpc) is 3.45. The SMILES string of the molecule is CC.C[C@H](N)c1ncc(-c2ccc(-c3ccc(-c4cnc(CN)[nH]4)cn3)nc2)[nH]1. The van der Waals surface area contributed by atoms with Crippen molar-refractivity contribution in [3.63, 3.8) is 0 Å². The van der Waals surface area contributed by atoms with Crippen LogP contribution in [-0.2, 0) is 6.54 Å². The Morgan fingerprint density at radius 2 is 1.34 bits per heavy atom. The van der Waals surface area contributed by atoms with Gasteiger partial charge in [0.15, 0.2) is 0 Å². The highest BCUT2D eigenvalue weighted by Crippen LogP contribution is 2.23. The van der Waals surface area contributed by atoms with Crippen LogP contribution in [0.4, 0.5) is 0 Å². The zero-order valence-electron chi connectivity index (χ0n) is 16.8. The van der Waals surface area contributed by atoms with Crippen LogP contribution in [-0.4, -0.2) is 29.9 Å². The van der Waals surface area contributed by atoms with E-state index in [2.05, 4.69) is 29.9 Å². The Hall–Kier alpha value is -3.36. The second-order valence-corrected chi connectivity index (χ2v) is 6.28. The van der Waals surface area contributed by atoms with E-state index in [9.17, 15) is 0 Å². The van der Waals surface area contributed by atoms with Gasteiger partial charge in [-0.1, -0.05) is 13.8 Å². The van der Waals surface area contributed by atoms with Crippen LogP contribution < -0.4 is 11.5 Å². The summed E-state index contributed by atoms with van der Waals surface area (Å²) in [5.74, 6) is 1.50. The molecule has 0 spiro atoms. The fourth-order valence-corrected chi connectivity index (χ4v) is 2.74. The minimum absolute atomic E-state index is 0.135. The number of hydrogen-bond acceptors (Lipinski definition) is 6. The van der Waals surface area contributed by atoms with Crippen molar-refractivity contribution in [1.29, 1.82) is 0 Å². The van der Waals surface area contributed by atoms with Gasteiger partial charge in [0, 0.05) is 23.5 Å². The van der Waals surface area contributed by atoms with Crippen LogP contribution in [0, 0.1) is 0 Å². The number of hydrogen-bond donors (Lipinski definition) is 4. The number of rotatable bonds is 5. The lowest BCUT2D eigenvalue weighted by Gasteiger charge is -2.04. The summed E-state index contributed by atoms with van der Waals surface area (Å²) < 4.78 is 0. The molecule has 0 bridgehead atoms. The molecule has 6 N–H and O–H groups in total. The van der Waals surface area contributed by atoms with Gasteiger partial charge in [0.05, 0.1) is 47.8 Å². The van der Waals surface area contributed by atoms with Crippen molar-refractivity contribution >= 4 is 0 Å². The van der Waals surface area contributed by atoms with Crippen LogP contribution in [0.15, 0.2) is 49.1 Å². The lowest BCUT2D eigenvalue weighted by molar-refractivity contribution is 0.756. The van der Waals surface area contributed by atoms with E-state index in [4.69, 9.17) is 11.5 Å². The maximum absolute atomic E-state index is 5.84. The number of nitrogens with zero attached hydrogens (tertiary/aromatic N) is 4. The fraction of sp³-hybridized carbons (Fsp3) is 0.238. The minimum Gasteiger partial charge on any atom is -0.341 e. The molecule has 4 rings (SSSR count). The number of pyridine rings is 2. The minimum atomic E-state index is -0.135. The van der Waals surface area contributed by atoms with Crippen molar-refractivity contribution in [2.45, 2.75) is 33.4 Å². The summed E-state index contributed by atoms with van der Waals surface area (Å²) in [7, 11) is 0. The lowest BCUT2D eigenvalue weighted by atomic mass is 10.1. The van der Waals surface area contributed by atoms with Gasteiger partial charge in [0.25, 0.3) is 0 Å². The van der Waals surface area contributed by atoms with E-state index in [1.165, 1.54) is 0 Å². The summed E-state index contributed by atoms with van der Waals surface area (Å²) in [6.45, 7) is 6.27. The molecule has 0 fully saturated rings. The molecule has 0 aliphatic heterocycles. The summed E-state index contributed by atoms with van der Waals surface area (Å²) in [4.78, 5) is 23.9. The molecular formula is C21H26N8. The topological polar surface area (TPSA) is 135 Å². The zero-order chi connectivity index (χ0) is 20.8. The molecule has 1 atom stereocenters. The third kappa shape index (κ3) is 4.56. The van der Waals surface area contributed by atoms with Gasteiger partial charge >= 0.3 is 0 Å². The molecule has 0 saturated carbocycles. The van der Waals surface area contributed by atoms with Crippen LogP contribution in [0.1, 0.15) is 38.5 Å². The third-order valence-electron chi connectivity index (χ3n) is 4.26. The number of aromatic amines is 2. The molecule has 8 nitrogen and oxygen atoms in total. The monoisotopic (exact) mass is 390 g/mol. The molecule has 0 aliphatic carbocycles. The van der Waals surface area contributed by atoms with Crippen molar-refractivity contribution in [2.24, 2.45) is 11.5 Å². The van der Waals surface area contributed by atoms with Crippen molar-refractivity contribution in [1.82, 2.24) is 29.9 Å². The van der Waals surface area contributed by atoms with Crippen molar-refractivity contribution in [3.05, 3.63) is 60.7 Å². The molecule has 0 unspecified atom stereocenters. The summed E-state index contributed by atoms with van der Waals surface area (Å²) in [5.41, 5.74) is 16.7. The molecule has 29 heavy (non-hydrogen) atoms. The van der Waals surface area contributed by atoms with Crippen LogP contribution in [0.5, 0.6) is 0 Å².